The molecule has 0 radical (unpaired) electrons. The van der Waals surface area contributed by atoms with Gasteiger partial charge in [0.05, 0.1) is 0 Å². The largest absolute Gasteiger partial charge is 0.457 e. The molecule has 0 aliphatic heterocycles. The Morgan fingerprint density at radius 2 is 2.18 bits per heavy atom. The number of thiol groups is 1. The Morgan fingerprint density at radius 1 is 1.41 bits per heavy atom. The van der Waals surface area contributed by atoms with Gasteiger partial charge in [-0.15, -0.1) is 11.3 Å². The molecule has 0 unspecified atom stereocenters. The SMILES string of the molecule is C=C(CS)C(=O)OCc1csc2ccccc12. The van der Waals surface area contributed by atoms with Crippen molar-refractivity contribution >= 4 is 40.0 Å². The monoisotopic (exact) mass is 264 g/mol. The molecule has 0 N–H and O–H groups in total. The number of rotatable bonds is 4. The molecule has 1 aromatic heterocycles. The summed E-state index contributed by atoms with van der Waals surface area (Å²) >= 11 is 5.63. The molecule has 0 fully saturated rings. The lowest BCUT2D eigenvalue weighted by molar-refractivity contribution is -0.140. The van der Waals surface area contributed by atoms with E-state index < -0.39 is 0 Å². The first-order chi connectivity index (χ1) is 8.22. The van der Waals surface area contributed by atoms with E-state index in [1.165, 1.54) is 4.70 Å². The molecule has 0 spiro atoms. The van der Waals surface area contributed by atoms with E-state index in [1.54, 1.807) is 11.3 Å². The van der Waals surface area contributed by atoms with Crippen LogP contribution in [0.25, 0.3) is 10.1 Å². The maximum atomic E-state index is 11.4. The van der Waals surface area contributed by atoms with E-state index in [4.69, 9.17) is 4.74 Å². The summed E-state index contributed by atoms with van der Waals surface area (Å²) in [5.74, 6) is -0.0567. The highest BCUT2D eigenvalue weighted by Crippen LogP contribution is 2.26. The molecule has 4 heteroatoms. The first-order valence-corrected chi connectivity index (χ1v) is 6.64. The topological polar surface area (TPSA) is 26.3 Å². The fourth-order valence-corrected chi connectivity index (χ4v) is 2.53. The minimum Gasteiger partial charge on any atom is -0.457 e. The van der Waals surface area contributed by atoms with Gasteiger partial charge in [0, 0.05) is 21.6 Å². The molecule has 0 atom stereocenters. The van der Waals surface area contributed by atoms with Crippen molar-refractivity contribution < 1.29 is 9.53 Å². The zero-order chi connectivity index (χ0) is 12.3. The number of hydrogen-bond acceptors (Lipinski definition) is 4. The van der Waals surface area contributed by atoms with Crippen LogP contribution >= 0.6 is 24.0 Å². The van der Waals surface area contributed by atoms with Gasteiger partial charge in [-0.25, -0.2) is 4.79 Å². The number of thiophene rings is 1. The van der Waals surface area contributed by atoms with Crippen molar-refractivity contribution in [1.82, 2.24) is 0 Å². The number of esters is 1. The zero-order valence-electron chi connectivity index (χ0n) is 9.18. The molecule has 88 valence electrons. The summed E-state index contributed by atoms with van der Waals surface area (Å²) in [6, 6.07) is 8.06. The molecule has 1 heterocycles. The predicted octanol–water partition coefficient (Wildman–Crippen LogP) is 3.43. The number of benzene rings is 1. The molecule has 0 saturated heterocycles. The third kappa shape index (κ3) is 2.70. The Hall–Kier alpha value is -1.26. The molecule has 0 aliphatic rings. The van der Waals surface area contributed by atoms with Crippen LogP contribution in [0, 0.1) is 0 Å². The summed E-state index contributed by atoms with van der Waals surface area (Å²) in [6.45, 7) is 3.87. The molecule has 0 bridgehead atoms. The van der Waals surface area contributed by atoms with Gasteiger partial charge in [0.1, 0.15) is 6.61 Å². The summed E-state index contributed by atoms with van der Waals surface area (Å²) in [5, 5.41) is 3.16. The van der Waals surface area contributed by atoms with Crippen molar-refractivity contribution in [3.63, 3.8) is 0 Å². The molecule has 2 nitrogen and oxygen atoms in total. The van der Waals surface area contributed by atoms with Gasteiger partial charge in [0.15, 0.2) is 0 Å². The standard InChI is InChI=1S/C13H12O2S2/c1-9(7-16)13(14)15-6-10-8-17-12-5-3-2-4-11(10)12/h2-5,8,16H,1,6-7H2. The fourth-order valence-electron chi connectivity index (χ4n) is 1.45. The highest BCUT2D eigenvalue weighted by molar-refractivity contribution is 7.80. The molecule has 1 aromatic carbocycles. The number of carbonyl (C=O) groups is 1. The van der Waals surface area contributed by atoms with Gasteiger partial charge in [0.25, 0.3) is 0 Å². The average Bonchev–Trinajstić information content (AvgIpc) is 2.78. The highest BCUT2D eigenvalue weighted by atomic mass is 32.1. The van der Waals surface area contributed by atoms with Crippen molar-refractivity contribution in [2.75, 3.05) is 5.75 Å². The number of carbonyl (C=O) groups excluding carboxylic acids is 1. The van der Waals surface area contributed by atoms with E-state index in [1.807, 2.05) is 23.6 Å². The lowest BCUT2D eigenvalue weighted by atomic mass is 10.2. The minimum absolute atomic E-state index is 0.287. The van der Waals surface area contributed by atoms with Gasteiger partial charge < -0.3 is 4.74 Å². The Labute approximate surface area is 109 Å². The second kappa shape index (κ2) is 5.38. The average molecular weight is 264 g/mol. The third-order valence-electron chi connectivity index (χ3n) is 2.40. The Morgan fingerprint density at radius 3 is 2.94 bits per heavy atom. The van der Waals surface area contributed by atoms with E-state index in [-0.39, 0.29) is 12.6 Å². The summed E-state index contributed by atoms with van der Waals surface area (Å²) in [6.07, 6.45) is 0. The zero-order valence-corrected chi connectivity index (χ0v) is 10.9. The van der Waals surface area contributed by atoms with Crippen LogP contribution in [0.3, 0.4) is 0 Å². The van der Waals surface area contributed by atoms with Crippen LogP contribution in [0.1, 0.15) is 5.56 Å². The number of fused-ring (bicyclic) bond motifs is 1. The van der Waals surface area contributed by atoms with Crippen LogP contribution in [-0.4, -0.2) is 11.7 Å². The van der Waals surface area contributed by atoms with Crippen molar-refractivity contribution in [2.45, 2.75) is 6.61 Å². The second-order valence-electron chi connectivity index (χ2n) is 3.59. The number of hydrogen-bond donors (Lipinski definition) is 1. The van der Waals surface area contributed by atoms with Gasteiger partial charge >= 0.3 is 5.97 Å². The first kappa shape index (κ1) is 12.2. The summed E-state index contributed by atoms with van der Waals surface area (Å²) in [5.41, 5.74) is 1.42. The normalized spacial score (nSPS) is 10.4. The second-order valence-corrected chi connectivity index (χ2v) is 4.82. The molecule has 0 amide bonds. The Balaban J connectivity index is 2.09. The Bertz CT molecular complexity index is 557. The maximum Gasteiger partial charge on any atom is 0.334 e. The predicted molar refractivity (Wildman–Crippen MR) is 74.6 cm³/mol. The first-order valence-electron chi connectivity index (χ1n) is 5.13. The lowest BCUT2D eigenvalue weighted by Crippen LogP contribution is -2.07. The van der Waals surface area contributed by atoms with Crippen LogP contribution in [0.2, 0.25) is 0 Å². The molecule has 17 heavy (non-hydrogen) atoms. The lowest BCUT2D eigenvalue weighted by Gasteiger charge is -2.04. The van der Waals surface area contributed by atoms with Crippen LogP contribution in [0.4, 0.5) is 0 Å². The summed E-state index contributed by atoms with van der Waals surface area (Å²) in [7, 11) is 0. The van der Waals surface area contributed by atoms with E-state index in [2.05, 4.69) is 25.3 Å². The van der Waals surface area contributed by atoms with Gasteiger partial charge in [-0.2, -0.15) is 12.6 Å². The van der Waals surface area contributed by atoms with E-state index in [9.17, 15) is 4.79 Å². The fraction of sp³-hybridized carbons (Fsp3) is 0.154. The van der Waals surface area contributed by atoms with Gasteiger partial charge in [0.2, 0.25) is 0 Å². The summed E-state index contributed by atoms with van der Waals surface area (Å²) in [4.78, 5) is 11.4. The molecular formula is C13H12O2S2. The minimum atomic E-state index is -0.379. The van der Waals surface area contributed by atoms with Crippen LogP contribution < -0.4 is 0 Å². The van der Waals surface area contributed by atoms with Crippen molar-refractivity contribution in [2.24, 2.45) is 0 Å². The molecule has 2 aromatic rings. The van der Waals surface area contributed by atoms with Crippen molar-refractivity contribution in [3.8, 4) is 0 Å². The maximum absolute atomic E-state index is 11.4. The van der Waals surface area contributed by atoms with E-state index in [0.29, 0.717) is 11.3 Å². The molecule has 2 rings (SSSR count). The quantitative estimate of drug-likeness (QED) is 0.520. The van der Waals surface area contributed by atoms with Gasteiger partial charge in [-0.05, 0) is 16.8 Å². The van der Waals surface area contributed by atoms with Crippen LogP contribution in [0.5, 0.6) is 0 Å². The van der Waals surface area contributed by atoms with E-state index >= 15 is 0 Å². The van der Waals surface area contributed by atoms with Crippen molar-refractivity contribution in [3.05, 3.63) is 47.4 Å². The Kier molecular flexibility index (Phi) is 3.86. The molecule has 0 aliphatic carbocycles. The molecule has 0 saturated carbocycles. The smallest absolute Gasteiger partial charge is 0.334 e. The van der Waals surface area contributed by atoms with Crippen LogP contribution in [0.15, 0.2) is 41.8 Å². The van der Waals surface area contributed by atoms with Crippen LogP contribution in [-0.2, 0) is 16.1 Å². The highest BCUT2D eigenvalue weighted by Gasteiger charge is 2.09. The van der Waals surface area contributed by atoms with Crippen molar-refractivity contribution in [1.29, 1.82) is 0 Å². The molecular weight excluding hydrogens is 252 g/mol. The van der Waals surface area contributed by atoms with Gasteiger partial charge in [-0.1, -0.05) is 24.8 Å². The summed E-state index contributed by atoms with van der Waals surface area (Å²) < 4.78 is 6.37. The third-order valence-corrected chi connectivity index (χ3v) is 3.79. The van der Waals surface area contributed by atoms with E-state index in [0.717, 1.165) is 10.9 Å². The number of ether oxygens (including phenoxy) is 1. The van der Waals surface area contributed by atoms with Gasteiger partial charge in [-0.3, -0.25) is 0 Å².